The Kier molecular flexibility index (Phi) is 6.94. The second-order valence-electron chi connectivity index (χ2n) is 8.35. The van der Waals surface area contributed by atoms with Crippen LogP contribution in [0.4, 0.5) is 0 Å². The number of aromatic nitrogens is 2. The molecule has 4 heterocycles. The minimum Gasteiger partial charge on any atom is -0.465 e. The molecule has 0 spiro atoms. The number of benzene rings is 1. The van der Waals surface area contributed by atoms with Crippen LogP contribution in [-0.4, -0.2) is 34.3 Å². The van der Waals surface area contributed by atoms with Crippen molar-refractivity contribution in [3.63, 3.8) is 0 Å². The van der Waals surface area contributed by atoms with Gasteiger partial charge >= 0.3 is 11.9 Å². The summed E-state index contributed by atoms with van der Waals surface area (Å²) in [6.07, 6.45) is 3.68. The highest BCUT2D eigenvalue weighted by molar-refractivity contribution is 7.10. The fraction of sp³-hybridized carbons (Fsp3) is 0.259. The maximum atomic E-state index is 13.8. The molecule has 0 amide bonds. The zero-order valence-corrected chi connectivity index (χ0v) is 22.2. The van der Waals surface area contributed by atoms with Gasteiger partial charge in [-0.2, -0.15) is 0 Å². The summed E-state index contributed by atoms with van der Waals surface area (Å²) >= 11 is 2.75. The average molecular weight is 536 g/mol. The van der Waals surface area contributed by atoms with Crippen LogP contribution >= 0.6 is 22.7 Å². The lowest BCUT2D eigenvalue weighted by Gasteiger charge is -2.23. The third-order valence-electron chi connectivity index (χ3n) is 6.04. The number of esters is 2. The minimum absolute atomic E-state index is 0.0733. The zero-order chi connectivity index (χ0) is 26.1. The first-order chi connectivity index (χ1) is 17.9. The number of nitrogens with zero attached hydrogens (tertiary/aromatic N) is 3. The molecular formula is C27H25N3O5S2. The van der Waals surface area contributed by atoms with E-state index in [0.29, 0.717) is 27.2 Å². The molecule has 1 aromatic carbocycles. The van der Waals surface area contributed by atoms with Gasteiger partial charge in [0.2, 0.25) is 0 Å². The summed E-state index contributed by atoms with van der Waals surface area (Å²) < 4.78 is 14.3. The van der Waals surface area contributed by atoms with Crippen molar-refractivity contribution in [1.29, 1.82) is 0 Å². The Morgan fingerprint density at radius 1 is 1.11 bits per heavy atom. The predicted molar refractivity (Wildman–Crippen MR) is 143 cm³/mol. The van der Waals surface area contributed by atoms with Gasteiger partial charge < -0.3 is 14.0 Å². The summed E-state index contributed by atoms with van der Waals surface area (Å²) in [6, 6.07) is 10.9. The lowest BCUT2D eigenvalue weighted by atomic mass is 10.0. The molecule has 0 aliphatic carbocycles. The maximum Gasteiger partial charge on any atom is 0.338 e. The van der Waals surface area contributed by atoms with Gasteiger partial charge in [-0.25, -0.2) is 9.79 Å². The molecule has 0 fully saturated rings. The molecule has 0 N–H and O–H groups in total. The summed E-state index contributed by atoms with van der Waals surface area (Å²) in [4.78, 5) is 44.9. The van der Waals surface area contributed by atoms with E-state index in [2.05, 4.69) is 4.99 Å². The first kappa shape index (κ1) is 24.9. The van der Waals surface area contributed by atoms with Gasteiger partial charge in [0.25, 0.3) is 5.56 Å². The molecule has 0 bridgehead atoms. The van der Waals surface area contributed by atoms with Crippen molar-refractivity contribution in [2.24, 2.45) is 4.99 Å². The summed E-state index contributed by atoms with van der Waals surface area (Å²) in [5.41, 5.74) is 2.34. The van der Waals surface area contributed by atoms with Crippen LogP contribution in [0, 0.1) is 0 Å². The van der Waals surface area contributed by atoms with Gasteiger partial charge in [-0.15, -0.1) is 11.3 Å². The van der Waals surface area contributed by atoms with Gasteiger partial charge in [0.05, 0.1) is 29.0 Å². The van der Waals surface area contributed by atoms with E-state index < -0.39 is 12.0 Å². The van der Waals surface area contributed by atoms with E-state index in [-0.39, 0.29) is 24.7 Å². The second kappa shape index (κ2) is 10.3. The van der Waals surface area contributed by atoms with Crippen LogP contribution in [0.25, 0.3) is 17.0 Å². The minimum atomic E-state index is -0.609. The molecule has 1 aliphatic heterocycles. The Hall–Kier alpha value is -3.76. The largest absolute Gasteiger partial charge is 0.465 e. The van der Waals surface area contributed by atoms with Gasteiger partial charge in [0, 0.05) is 27.5 Å². The average Bonchev–Trinajstić information content (AvgIpc) is 3.59. The fourth-order valence-electron chi connectivity index (χ4n) is 4.52. The molecule has 37 heavy (non-hydrogen) atoms. The number of thiazole rings is 1. The summed E-state index contributed by atoms with van der Waals surface area (Å²) in [7, 11) is 0. The van der Waals surface area contributed by atoms with Gasteiger partial charge in [-0.05, 0) is 44.4 Å². The van der Waals surface area contributed by atoms with Crippen LogP contribution in [0.2, 0.25) is 0 Å². The zero-order valence-electron chi connectivity index (χ0n) is 20.6. The molecule has 0 saturated carbocycles. The Morgan fingerprint density at radius 2 is 1.89 bits per heavy atom. The van der Waals surface area contributed by atoms with E-state index in [4.69, 9.17) is 9.47 Å². The van der Waals surface area contributed by atoms with E-state index >= 15 is 0 Å². The number of thiophene rings is 1. The van der Waals surface area contributed by atoms with Crippen molar-refractivity contribution in [2.45, 2.75) is 33.4 Å². The highest BCUT2D eigenvalue weighted by Gasteiger charge is 2.33. The van der Waals surface area contributed by atoms with Gasteiger partial charge in [-0.1, -0.05) is 35.6 Å². The lowest BCUT2D eigenvalue weighted by Crippen LogP contribution is -2.39. The third kappa shape index (κ3) is 4.58. The molecule has 5 rings (SSSR count). The Bertz CT molecular complexity index is 1710. The number of fused-ring (bicyclic) bond motifs is 2. The molecule has 0 unspecified atom stereocenters. The van der Waals surface area contributed by atoms with Crippen molar-refractivity contribution < 1.29 is 19.1 Å². The summed E-state index contributed by atoms with van der Waals surface area (Å²) in [6.45, 7) is 5.91. The van der Waals surface area contributed by atoms with Crippen molar-refractivity contribution in [3.05, 3.63) is 89.4 Å². The molecule has 0 saturated heterocycles. The molecule has 1 atom stereocenters. The Balaban J connectivity index is 1.67. The van der Waals surface area contributed by atoms with Gasteiger partial charge in [0.1, 0.15) is 12.6 Å². The molecule has 1 aliphatic rings. The number of ether oxygens (including phenoxy) is 2. The van der Waals surface area contributed by atoms with E-state index in [9.17, 15) is 14.4 Å². The Labute approximate surface area is 220 Å². The molecule has 8 nitrogen and oxygen atoms in total. The van der Waals surface area contributed by atoms with E-state index in [0.717, 1.165) is 21.3 Å². The first-order valence-corrected chi connectivity index (χ1v) is 13.6. The number of para-hydroxylation sites is 1. The fourth-order valence-corrected chi connectivity index (χ4v) is 6.38. The van der Waals surface area contributed by atoms with Crippen LogP contribution < -0.4 is 14.9 Å². The number of allylic oxidation sites excluding steroid dienone is 1. The van der Waals surface area contributed by atoms with Crippen LogP contribution in [0.3, 0.4) is 0 Å². The van der Waals surface area contributed by atoms with Crippen molar-refractivity contribution >= 4 is 51.6 Å². The third-order valence-corrected chi connectivity index (χ3v) is 7.95. The van der Waals surface area contributed by atoms with Crippen molar-refractivity contribution in [3.8, 4) is 0 Å². The van der Waals surface area contributed by atoms with E-state index in [1.165, 1.54) is 22.7 Å². The number of hydrogen-bond donors (Lipinski definition) is 0. The normalized spacial score (nSPS) is 15.5. The van der Waals surface area contributed by atoms with E-state index in [1.807, 2.05) is 58.6 Å². The van der Waals surface area contributed by atoms with Crippen LogP contribution in [0.5, 0.6) is 0 Å². The van der Waals surface area contributed by atoms with Gasteiger partial charge in [0.15, 0.2) is 4.80 Å². The standard InChI is InChI=1S/C27H25N3O5S2/c1-4-34-22(31)15-29-14-17(18-9-6-7-10-19(18)29)13-21-25(32)30-24(20-11-8-12-36-20)23(26(33)35-5-2)16(3)28-27(30)37-21/h6-14,24H,4-5,15H2,1-3H3/b21-13-/t24-/m0/s1. The second-order valence-corrected chi connectivity index (χ2v) is 10.3. The molecular weight excluding hydrogens is 510 g/mol. The maximum absolute atomic E-state index is 13.8. The molecule has 10 heteroatoms. The monoisotopic (exact) mass is 535 g/mol. The number of carbonyl (C=O) groups is 2. The predicted octanol–water partition coefficient (Wildman–Crippen LogP) is 3.38. The smallest absolute Gasteiger partial charge is 0.338 e. The number of carbonyl (C=O) groups excluding carboxylic acids is 2. The highest BCUT2D eigenvalue weighted by atomic mass is 32.1. The molecule has 3 aromatic heterocycles. The first-order valence-electron chi connectivity index (χ1n) is 11.9. The van der Waals surface area contributed by atoms with Crippen molar-refractivity contribution in [1.82, 2.24) is 9.13 Å². The van der Waals surface area contributed by atoms with E-state index in [1.54, 1.807) is 25.3 Å². The number of rotatable bonds is 7. The van der Waals surface area contributed by atoms with Crippen LogP contribution in [0.1, 0.15) is 37.3 Å². The van der Waals surface area contributed by atoms with Crippen molar-refractivity contribution in [2.75, 3.05) is 13.2 Å². The number of hydrogen-bond acceptors (Lipinski definition) is 8. The summed E-state index contributed by atoms with van der Waals surface area (Å²) in [5.74, 6) is -0.800. The Morgan fingerprint density at radius 3 is 2.62 bits per heavy atom. The highest BCUT2D eigenvalue weighted by Crippen LogP contribution is 2.33. The SMILES string of the molecule is CCOC(=O)Cn1cc(/C=c2\sc3n(c2=O)[C@@H](c2cccs2)C(C(=O)OCC)=C(C)N=3)c2ccccc21. The molecule has 0 radical (unpaired) electrons. The van der Waals surface area contributed by atoms with Crippen LogP contribution in [-0.2, 0) is 25.6 Å². The summed E-state index contributed by atoms with van der Waals surface area (Å²) in [5, 5.41) is 2.83. The van der Waals surface area contributed by atoms with Gasteiger partial charge in [-0.3, -0.25) is 14.2 Å². The molecule has 4 aromatic rings. The quantitative estimate of drug-likeness (QED) is 0.339. The lowest BCUT2D eigenvalue weighted by molar-refractivity contribution is -0.143. The van der Waals surface area contributed by atoms with Crippen LogP contribution in [0.15, 0.2) is 69.0 Å². The molecule has 190 valence electrons. The topological polar surface area (TPSA) is 91.9 Å².